The average Bonchev–Trinajstić information content (AvgIpc) is 2.71. The Morgan fingerprint density at radius 2 is 1.31 bits per heavy atom. The summed E-state index contributed by atoms with van der Waals surface area (Å²) in [7, 11) is 0. The van der Waals surface area contributed by atoms with Crippen molar-refractivity contribution < 1.29 is 9.47 Å². The van der Waals surface area contributed by atoms with Gasteiger partial charge in [-0.3, -0.25) is 0 Å². The molecule has 0 atom stereocenters. The van der Waals surface area contributed by atoms with E-state index >= 15 is 0 Å². The first kappa shape index (κ1) is 17.4. The minimum absolute atomic E-state index is 0.365. The molecule has 0 saturated carbocycles. The van der Waals surface area contributed by atoms with Crippen molar-refractivity contribution >= 4 is 0 Å². The van der Waals surface area contributed by atoms with Gasteiger partial charge in [0.15, 0.2) is 0 Å². The highest BCUT2D eigenvalue weighted by molar-refractivity contribution is 5.40. The van der Waals surface area contributed by atoms with Crippen molar-refractivity contribution in [3.8, 4) is 23.3 Å². The van der Waals surface area contributed by atoms with Crippen molar-refractivity contribution in [1.29, 1.82) is 0 Å². The quantitative estimate of drug-likeness (QED) is 0.570. The predicted molar refractivity (Wildman–Crippen MR) is 105 cm³/mol. The van der Waals surface area contributed by atoms with Crippen molar-refractivity contribution in [3.05, 3.63) is 108 Å². The van der Waals surface area contributed by atoms with Gasteiger partial charge in [0.25, 0.3) is 0 Å². The van der Waals surface area contributed by atoms with Gasteiger partial charge in [-0.05, 0) is 42.0 Å². The highest BCUT2D eigenvalue weighted by Crippen LogP contribution is 2.19. The molecule has 0 saturated heterocycles. The summed E-state index contributed by atoms with van der Waals surface area (Å²) >= 11 is 0. The third kappa shape index (κ3) is 5.58. The summed E-state index contributed by atoms with van der Waals surface area (Å²) in [6.07, 6.45) is 0. The van der Waals surface area contributed by atoms with E-state index in [1.807, 2.05) is 84.9 Å². The van der Waals surface area contributed by atoms with Gasteiger partial charge in [0.2, 0.25) is 0 Å². The molecule has 2 heteroatoms. The molecule has 0 spiro atoms. The molecule has 2 nitrogen and oxygen atoms in total. The van der Waals surface area contributed by atoms with Crippen LogP contribution in [0, 0.1) is 11.8 Å². The molecule has 3 aromatic rings. The summed E-state index contributed by atoms with van der Waals surface area (Å²) in [4.78, 5) is 0. The molecule has 3 aromatic carbocycles. The molecular formula is C24H20O2. The lowest BCUT2D eigenvalue weighted by Crippen LogP contribution is -1.99. The molecule has 0 radical (unpaired) electrons. The number of benzene rings is 3. The fraction of sp³-hybridized carbons (Fsp3) is 0.0833. The molecule has 26 heavy (non-hydrogen) atoms. The van der Waals surface area contributed by atoms with E-state index in [2.05, 4.69) is 18.4 Å². The smallest absolute Gasteiger partial charge is 0.120 e. The topological polar surface area (TPSA) is 18.5 Å². The second-order valence-electron chi connectivity index (χ2n) is 5.75. The monoisotopic (exact) mass is 340 g/mol. The van der Waals surface area contributed by atoms with Gasteiger partial charge in [0.1, 0.15) is 24.7 Å². The second-order valence-corrected chi connectivity index (χ2v) is 5.75. The van der Waals surface area contributed by atoms with Gasteiger partial charge >= 0.3 is 0 Å². The number of hydrogen-bond donors (Lipinski definition) is 0. The first-order chi connectivity index (χ1) is 12.8. The third-order valence-electron chi connectivity index (χ3n) is 3.64. The maximum absolute atomic E-state index is 5.76. The van der Waals surface area contributed by atoms with Gasteiger partial charge in [0, 0.05) is 11.1 Å². The summed E-state index contributed by atoms with van der Waals surface area (Å²) in [6.45, 7) is 4.86. The van der Waals surface area contributed by atoms with E-state index in [-0.39, 0.29) is 0 Å². The Labute approximate surface area is 154 Å². The van der Waals surface area contributed by atoms with Crippen LogP contribution in [0.25, 0.3) is 0 Å². The summed E-state index contributed by atoms with van der Waals surface area (Å²) in [5, 5.41) is 0. The summed E-state index contributed by atoms with van der Waals surface area (Å²) < 4.78 is 11.5. The van der Waals surface area contributed by atoms with Gasteiger partial charge in [0.05, 0.1) is 0 Å². The predicted octanol–water partition coefficient (Wildman–Crippen LogP) is 5.25. The molecule has 0 aliphatic rings. The maximum Gasteiger partial charge on any atom is 0.120 e. The maximum atomic E-state index is 5.76. The Bertz CT molecular complexity index is 886. The lowest BCUT2D eigenvalue weighted by molar-refractivity contribution is 0.304. The molecule has 0 aromatic heterocycles. The minimum atomic E-state index is 0.365. The molecule has 3 rings (SSSR count). The Morgan fingerprint density at radius 1 is 0.731 bits per heavy atom. The molecule has 0 aliphatic carbocycles. The number of hydrogen-bond acceptors (Lipinski definition) is 2. The van der Waals surface area contributed by atoms with E-state index in [1.54, 1.807) is 0 Å². The van der Waals surface area contributed by atoms with E-state index in [0.29, 0.717) is 13.2 Å². The van der Waals surface area contributed by atoms with Crippen LogP contribution in [0.1, 0.15) is 11.1 Å². The average molecular weight is 340 g/mol. The fourth-order valence-electron chi connectivity index (χ4n) is 2.26. The standard InChI is InChI=1S/C24H20O2/c1-20(12-13-21-8-4-2-5-9-21)18-25-23-14-16-24(17-15-23)26-19-22-10-6-3-7-11-22/h2-11,14-17H,1,18-19H2. The molecule has 0 aliphatic heterocycles. The Morgan fingerprint density at radius 3 is 1.96 bits per heavy atom. The van der Waals surface area contributed by atoms with E-state index < -0.39 is 0 Å². The zero-order chi connectivity index (χ0) is 18.0. The molecular weight excluding hydrogens is 320 g/mol. The molecule has 0 N–H and O–H groups in total. The summed E-state index contributed by atoms with van der Waals surface area (Å²) in [5.41, 5.74) is 2.84. The van der Waals surface area contributed by atoms with Gasteiger partial charge in [-0.1, -0.05) is 67.0 Å². The van der Waals surface area contributed by atoms with Crippen LogP contribution in [0.2, 0.25) is 0 Å². The first-order valence-electron chi connectivity index (χ1n) is 8.44. The van der Waals surface area contributed by atoms with Crippen molar-refractivity contribution in [3.63, 3.8) is 0 Å². The second kappa shape index (κ2) is 9.15. The zero-order valence-corrected chi connectivity index (χ0v) is 14.5. The molecule has 0 heterocycles. The highest BCUT2D eigenvalue weighted by atomic mass is 16.5. The lowest BCUT2D eigenvalue weighted by atomic mass is 10.2. The van der Waals surface area contributed by atoms with Crippen molar-refractivity contribution in [2.45, 2.75) is 6.61 Å². The van der Waals surface area contributed by atoms with Crippen molar-refractivity contribution in [2.75, 3.05) is 6.61 Å². The minimum Gasteiger partial charge on any atom is -0.489 e. The molecule has 0 unspecified atom stereocenters. The zero-order valence-electron chi connectivity index (χ0n) is 14.5. The molecule has 0 amide bonds. The van der Waals surface area contributed by atoms with Crippen LogP contribution in [0.3, 0.4) is 0 Å². The Hall–Kier alpha value is -3.44. The van der Waals surface area contributed by atoms with Gasteiger partial charge < -0.3 is 9.47 Å². The van der Waals surface area contributed by atoms with Gasteiger partial charge in [-0.15, -0.1) is 0 Å². The largest absolute Gasteiger partial charge is 0.489 e. The molecule has 128 valence electrons. The van der Waals surface area contributed by atoms with Crippen LogP contribution in [0.4, 0.5) is 0 Å². The molecule has 0 bridgehead atoms. The van der Waals surface area contributed by atoms with Crippen LogP contribution >= 0.6 is 0 Å². The Kier molecular flexibility index (Phi) is 6.12. The van der Waals surface area contributed by atoms with Crippen molar-refractivity contribution in [2.24, 2.45) is 0 Å². The van der Waals surface area contributed by atoms with Gasteiger partial charge in [-0.2, -0.15) is 0 Å². The Balaban J connectivity index is 1.47. The van der Waals surface area contributed by atoms with E-state index in [4.69, 9.17) is 9.47 Å². The van der Waals surface area contributed by atoms with E-state index in [0.717, 1.165) is 28.2 Å². The molecule has 0 fully saturated rings. The highest BCUT2D eigenvalue weighted by Gasteiger charge is 1.98. The van der Waals surface area contributed by atoms with Crippen LogP contribution in [0.15, 0.2) is 97.1 Å². The number of ether oxygens (including phenoxy) is 2. The lowest BCUT2D eigenvalue weighted by Gasteiger charge is -2.08. The first-order valence-corrected chi connectivity index (χ1v) is 8.44. The normalized spacial score (nSPS) is 9.69. The van der Waals surface area contributed by atoms with E-state index in [9.17, 15) is 0 Å². The van der Waals surface area contributed by atoms with Crippen LogP contribution < -0.4 is 9.47 Å². The fourth-order valence-corrected chi connectivity index (χ4v) is 2.26. The van der Waals surface area contributed by atoms with Crippen LogP contribution in [-0.2, 0) is 6.61 Å². The summed E-state index contributed by atoms with van der Waals surface area (Å²) in [6, 6.07) is 27.5. The van der Waals surface area contributed by atoms with Crippen LogP contribution in [-0.4, -0.2) is 6.61 Å². The SMILES string of the molecule is C=C(C#Cc1ccccc1)COc1ccc(OCc2ccccc2)cc1. The van der Waals surface area contributed by atoms with Crippen LogP contribution in [0.5, 0.6) is 11.5 Å². The number of rotatable bonds is 6. The summed E-state index contributed by atoms with van der Waals surface area (Å²) in [5.74, 6) is 7.67. The third-order valence-corrected chi connectivity index (χ3v) is 3.64. The van der Waals surface area contributed by atoms with E-state index in [1.165, 1.54) is 0 Å². The van der Waals surface area contributed by atoms with Gasteiger partial charge in [-0.25, -0.2) is 0 Å². The van der Waals surface area contributed by atoms with Crippen molar-refractivity contribution in [1.82, 2.24) is 0 Å².